The first-order valence-electron chi connectivity index (χ1n) is 5.52. The van der Waals surface area contributed by atoms with Crippen molar-refractivity contribution in [3.05, 3.63) is 11.2 Å². The van der Waals surface area contributed by atoms with E-state index < -0.39 is 0 Å². The molecule has 3 N–H and O–H groups in total. The van der Waals surface area contributed by atoms with Crippen LogP contribution in [0, 0.1) is 0 Å². The minimum atomic E-state index is 0.387. The maximum atomic E-state index is 6.11. The van der Waals surface area contributed by atoms with Crippen LogP contribution in [0.2, 0.25) is 5.02 Å². The molecule has 1 unspecified atom stereocenters. The third-order valence-corrected chi connectivity index (χ3v) is 3.31. The van der Waals surface area contributed by atoms with Crippen LogP contribution >= 0.6 is 11.6 Å². The normalized spacial score (nSPS) is 20.1. The van der Waals surface area contributed by atoms with Gasteiger partial charge >= 0.3 is 0 Å². The van der Waals surface area contributed by atoms with Crippen LogP contribution < -0.4 is 16.2 Å². The predicted octanol–water partition coefficient (Wildman–Crippen LogP) is 0.556. The number of hydrazine groups is 1. The van der Waals surface area contributed by atoms with Crippen molar-refractivity contribution in [2.45, 2.75) is 12.5 Å². The molecular weight excluding hydrogens is 240 g/mol. The van der Waals surface area contributed by atoms with Gasteiger partial charge in [0.05, 0.1) is 6.20 Å². The largest absolute Gasteiger partial charge is 0.354 e. The molecule has 0 amide bonds. The monoisotopic (exact) mass is 256 g/mol. The zero-order chi connectivity index (χ0) is 12.4. The number of nitrogens with two attached hydrogens (primary N) is 1. The van der Waals surface area contributed by atoms with Crippen molar-refractivity contribution in [2.24, 2.45) is 5.84 Å². The number of nitrogens with zero attached hydrogens (tertiary/aromatic N) is 4. The van der Waals surface area contributed by atoms with Gasteiger partial charge in [0.15, 0.2) is 5.82 Å². The summed E-state index contributed by atoms with van der Waals surface area (Å²) >= 11 is 6.11. The van der Waals surface area contributed by atoms with Crippen LogP contribution in [0.25, 0.3) is 0 Å². The second-order valence-corrected chi connectivity index (χ2v) is 4.77. The van der Waals surface area contributed by atoms with Gasteiger partial charge in [-0.25, -0.2) is 10.8 Å². The summed E-state index contributed by atoms with van der Waals surface area (Å²) in [5.41, 5.74) is 2.43. The van der Waals surface area contributed by atoms with Crippen molar-refractivity contribution in [1.82, 2.24) is 14.9 Å². The number of hydrogen-bond acceptors (Lipinski definition) is 6. The molecule has 1 aromatic heterocycles. The minimum absolute atomic E-state index is 0.387. The Bertz CT molecular complexity index is 396. The fourth-order valence-corrected chi connectivity index (χ4v) is 2.22. The van der Waals surface area contributed by atoms with E-state index >= 15 is 0 Å². The number of halogens is 1. The quantitative estimate of drug-likeness (QED) is 0.608. The highest BCUT2D eigenvalue weighted by atomic mass is 35.5. The van der Waals surface area contributed by atoms with E-state index in [1.54, 1.807) is 6.20 Å². The Balaban J connectivity index is 2.18. The van der Waals surface area contributed by atoms with Crippen LogP contribution in [0.3, 0.4) is 0 Å². The molecule has 6 nitrogen and oxygen atoms in total. The van der Waals surface area contributed by atoms with Crippen LogP contribution in [0.4, 0.5) is 11.8 Å². The van der Waals surface area contributed by atoms with E-state index in [0.29, 0.717) is 17.0 Å². The molecule has 1 aromatic rings. The van der Waals surface area contributed by atoms with Crippen molar-refractivity contribution in [1.29, 1.82) is 0 Å². The molecule has 1 atom stereocenters. The molecule has 7 heteroatoms. The van der Waals surface area contributed by atoms with Gasteiger partial charge in [-0.3, -0.25) is 5.43 Å². The summed E-state index contributed by atoms with van der Waals surface area (Å²) < 4.78 is 0. The smallest absolute Gasteiger partial charge is 0.239 e. The fraction of sp³-hybridized carbons (Fsp3) is 0.600. The van der Waals surface area contributed by atoms with Crippen LogP contribution in [-0.2, 0) is 0 Å². The summed E-state index contributed by atoms with van der Waals surface area (Å²) in [7, 11) is 4.17. The first-order valence-corrected chi connectivity index (χ1v) is 5.90. The molecule has 0 radical (unpaired) electrons. The van der Waals surface area contributed by atoms with E-state index in [-0.39, 0.29) is 0 Å². The number of nitrogens with one attached hydrogen (secondary N) is 1. The van der Waals surface area contributed by atoms with Gasteiger partial charge < -0.3 is 9.80 Å². The van der Waals surface area contributed by atoms with E-state index in [9.17, 15) is 0 Å². The lowest BCUT2D eigenvalue weighted by atomic mass is 10.2. The van der Waals surface area contributed by atoms with Crippen molar-refractivity contribution in [3.63, 3.8) is 0 Å². The summed E-state index contributed by atoms with van der Waals surface area (Å²) in [6.07, 6.45) is 2.68. The molecule has 0 spiro atoms. The van der Waals surface area contributed by atoms with E-state index in [4.69, 9.17) is 17.4 Å². The first kappa shape index (κ1) is 12.3. The van der Waals surface area contributed by atoms with Crippen LogP contribution in [0.1, 0.15) is 6.42 Å². The highest BCUT2D eigenvalue weighted by molar-refractivity contribution is 6.32. The summed E-state index contributed by atoms with van der Waals surface area (Å²) in [4.78, 5) is 12.6. The molecular formula is C10H17ClN6. The fourth-order valence-electron chi connectivity index (χ4n) is 2.01. The zero-order valence-electron chi connectivity index (χ0n) is 10.0. The minimum Gasteiger partial charge on any atom is -0.354 e. The summed E-state index contributed by atoms with van der Waals surface area (Å²) in [5.74, 6) is 6.43. The molecule has 2 rings (SSSR count). The van der Waals surface area contributed by atoms with Crippen molar-refractivity contribution in [2.75, 3.05) is 37.5 Å². The molecule has 1 saturated heterocycles. The molecule has 0 aromatic carbocycles. The van der Waals surface area contributed by atoms with Gasteiger partial charge in [0.25, 0.3) is 0 Å². The highest BCUT2D eigenvalue weighted by Gasteiger charge is 2.26. The van der Waals surface area contributed by atoms with Gasteiger partial charge in [-0.05, 0) is 20.5 Å². The Labute approximate surface area is 106 Å². The van der Waals surface area contributed by atoms with Gasteiger partial charge in [-0.2, -0.15) is 4.98 Å². The molecule has 0 saturated carbocycles. The average molecular weight is 257 g/mol. The molecule has 1 aliphatic heterocycles. The Morgan fingerprint density at radius 2 is 2.35 bits per heavy atom. The molecule has 2 heterocycles. The molecule has 0 aliphatic carbocycles. The maximum Gasteiger partial charge on any atom is 0.239 e. The maximum absolute atomic E-state index is 6.11. The van der Waals surface area contributed by atoms with Gasteiger partial charge in [-0.1, -0.05) is 11.6 Å². The third kappa shape index (κ3) is 2.59. The van der Waals surface area contributed by atoms with Crippen LogP contribution in [-0.4, -0.2) is 48.1 Å². The molecule has 1 aliphatic rings. The summed E-state index contributed by atoms with van der Waals surface area (Å²) in [6.45, 7) is 1.87. The van der Waals surface area contributed by atoms with Gasteiger partial charge in [0, 0.05) is 19.1 Å². The van der Waals surface area contributed by atoms with Crippen molar-refractivity contribution in [3.8, 4) is 0 Å². The van der Waals surface area contributed by atoms with E-state index in [0.717, 1.165) is 25.3 Å². The molecule has 94 valence electrons. The van der Waals surface area contributed by atoms with Gasteiger partial charge in [0.1, 0.15) is 5.02 Å². The number of rotatable bonds is 3. The van der Waals surface area contributed by atoms with Crippen LogP contribution in [0.15, 0.2) is 6.20 Å². The Kier molecular flexibility index (Phi) is 3.66. The number of hydrogen-bond donors (Lipinski definition) is 2. The SMILES string of the molecule is CN(C)C1CCN(c2nc(NN)ncc2Cl)C1. The Morgan fingerprint density at radius 3 is 2.94 bits per heavy atom. The van der Waals surface area contributed by atoms with Crippen molar-refractivity contribution < 1.29 is 0 Å². The van der Waals surface area contributed by atoms with Crippen LogP contribution in [0.5, 0.6) is 0 Å². The number of nitrogen functional groups attached to an aromatic ring is 1. The number of aromatic nitrogens is 2. The van der Waals surface area contributed by atoms with Gasteiger partial charge in [-0.15, -0.1) is 0 Å². The van der Waals surface area contributed by atoms with E-state index in [1.165, 1.54) is 0 Å². The average Bonchev–Trinajstić information content (AvgIpc) is 2.79. The molecule has 0 bridgehead atoms. The number of anilines is 2. The Hall–Kier alpha value is -1.11. The Morgan fingerprint density at radius 1 is 1.59 bits per heavy atom. The summed E-state index contributed by atoms with van der Waals surface area (Å²) in [5, 5.41) is 0.559. The standard InChI is InChI=1S/C10H17ClN6/c1-16(2)7-3-4-17(6-7)9-8(11)5-13-10(14-9)15-12/h5,7H,3-4,6,12H2,1-2H3,(H,13,14,15). The zero-order valence-corrected chi connectivity index (χ0v) is 10.8. The second kappa shape index (κ2) is 5.03. The third-order valence-electron chi connectivity index (χ3n) is 3.05. The lowest BCUT2D eigenvalue weighted by molar-refractivity contribution is 0.315. The molecule has 1 fully saturated rings. The highest BCUT2D eigenvalue weighted by Crippen LogP contribution is 2.27. The van der Waals surface area contributed by atoms with E-state index in [1.807, 2.05) is 0 Å². The lowest BCUT2D eigenvalue weighted by Crippen LogP contribution is -2.32. The second-order valence-electron chi connectivity index (χ2n) is 4.36. The predicted molar refractivity (Wildman–Crippen MR) is 69.2 cm³/mol. The molecule has 17 heavy (non-hydrogen) atoms. The summed E-state index contributed by atoms with van der Waals surface area (Å²) in [6, 6.07) is 0.537. The lowest BCUT2D eigenvalue weighted by Gasteiger charge is -2.21. The van der Waals surface area contributed by atoms with Crippen molar-refractivity contribution >= 4 is 23.4 Å². The van der Waals surface area contributed by atoms with Gasteiger partial charge in [0.2, 0.25) is 5.95 Å². The first-order chi connectivity index (χ1) is 8.11. The topological polar surface area (TPSA) is 70.3 Å². The van der Waals surface area contributed by atoms with E-state index in [2.05, 4.69) is 39.3 Å². The number of likely N-dealkylation sites (N-methyl/N-ethyl adjacent to an activating group) is 1.